The summed E-state index contributed by atoms with van der Waals surface area (Å²) in [5, 5.41) is 5.38. The van der Waals surface area contributed by atoms with Crippen molar-refractivity contribution in [3.05, 3.63) is 24.5 Å². The number of amides is 2. The Bertz CT molecular complexity index is 446. The summed E-state index contributed by atoms with van der Waals surface area (Å²) < 4.78 is 5.25. The lowest BCUT2D eigenvalue weighted by Crippen LogP contribution is -2.30. The molecule has 0 radical (unpaired) electrons. The van der Waals surface area contributed by atoms with Gasteiger partial charge in [0.05, 0.1) is 6.61 Å². The fourth-order valence-electron chi connectivity index (χ4n) is 1.63. The molecule has 6 nitrogen and oxygen atoms in total. The molecule has 20 heavy (non-hydrogen) atoms. The molecule has 1 aliphatic rings. The topological polar surface area (TPSA) is 80.3 Å². The number of nitrogens with one attached hydrogen (secondary N) is 2. The molecule has 1 aromatic rings. The molecule has 1 aliphatic carbocycles. The molecule has 2 rings (SSSR count). The smallest absolute Gasteiger partial charge is 0.246 e. The summed E-state index contributed by atoms with van der Waals surface area (Å²) in [4.78, 5) is 26.9. The van der Waals surface area contributed by atoms with Crippen LogP contribution in [0, 0.1) is 5.92 Å². The number of ether oxygens (including phenoxy) is 1. The zero-order chi connectivity index (χ0) is 14.2. The van der Waals surface area contributed by atoms with E-state index in [1.165, 1.54) is 12.8 Å². The number of aromatic nitrogens is 1. The molecule has 6 heteroatoms. The minimum absolute atomic E-state index is 0.0719. The van der Waals surface area contributed by atoms with Gasteiger partial charge in [-0.1, -0.05) is 0 Å². The van der Waals surface area contributed by atoms with Crippen molar-refractivity contribution in [1.29, 1.82) is 0 Å². The first-order valence-corrected chi connectivity index (χ1v) is 6.78. The summed E-state index contributed by atoms with van der Waals surface area (Å²) in [6.45, 7) is 1.04. The zero-order valence-corrected chi connectivity index (χ0v) is 11.3. The van der Waals surface area contributed by atoms with Gasteiger partial charge in [-0.3, -0.25) is 14.6 Å². The largest absolute Gasteiger partial charge is 0.371 e. The van der Waals surface area contributed by atoms with E-state index in [-0.39, 0.29) is 24.8 Å². The van der Waals surface area contributed by atoms with Crippen molar-refractivity contribution in [1.82, 2.24) is 10.3 Å². The van der Waals surface area contributed by atoms with Crippen molar-refractivity contribution in [2.75, 3.05) is 25.1 Å². The van der Waals surface area contributed by atoms with Crippen LogP contribution in [0.25, 0.3) is 0 Å². The highest BCUT2D eigenvalue weighted by molar-refractivity contribution is 5.91. The number of carbonyl (C=O) groups is 2. The Morgan fingerprint density at radius 1 is 1.25 bits per heavy atom. The number of nitrogens with zero attached hydrogens (tertiary/aromatic N) is 1. The average Bonchev–Trinajstić information content (AvgIpc) is 3.24. The molecule has 0 bridgehead atoms. The Hall–Kier alpha value is -1.95. The lowest BCUT2D eigenvalue weighted by molar-refractivity contribution is -0.125. The quantitative estimate of drug-likeness (QED) is 0.741. The number of hydrogen-bond acceptors (Lipinski definition) is 4. The van der Waals surface area contributed by atoms with Crippen LogP contribution in [0.15, 0.2) is 24.5 Å². The Morgan fingerprint density at radius 3 is 2.70 bits per heavy atom. The van der Waals surface area contributed by atoms with Crippen molar-refractivity contribution in [2.24, 2.45) is 5.92 Å². The number of anilines is 1. The summed E-state index contributed by atoms with van der Waals surface area (Å²) >= 11 is 0. The highest BCUT2D eigenvalue weighted by Crippen LogP contribution is 2.28. The predicted molar refractivity (Wildman–Crippen MR) is 74.0 cm³/mol. The van der Waals surface area contributed by atoms with Crippen LogP contribution in [0.4, 0.5) is 5.69 Å². The third-order valence-corrected chi connectivity index (χ3v) is 2.92. The van der Waals surface area contributed by atoms with E-state index in [2.05, 4.69) is 15.6 Å². The molecule has 0 aliphatic heterocycles. The molecule has 1 saturated carbocycles. The van der Waals surface area contributed by atoms with Crippen LogP contribution < -0.4 is 10.6 Å². The lowest BCUT2D eigenvalue weighted by Gasteiger charge is -2.07. The minimum Gasteiger partial charge on any atom is -0.371 e. The number of carbonyl (C=O) groups excluding carboxylic acids is 2. The second-order valence-corrected chi connectivity index (χ2v) is 4.84. The molecule has 0 unspecified atom stereocenters. The zero-order valence-electron chi connectivity index (χ0n) is 11.3. The van der Waals surface area contributed by atoms with Gasteiger partial charge in [0.2, 0.25) is 11.8 Å². The van der Waals surface area contributed by atoms with Crippen LogP contribution in [0.5, 0.6) is 0 Å². The minimum atomic E-state index is -0.178. The number of pyridine rings is 1. The third-order valence-electron chi connectivity index (χ3n) is 2.92. The summed E-state index contributed by atoms with van der Waals surface area (Å²) in [7, 11) is 0. The summed E-state index contributed by atoms with van der Waals surface area (Å²) in [6, 6.07) is 3.42. The van der Waals surface area contributed by atoms with Crippen LogP contribution >= 0.6 is 0 Å². The van der Waals surface area contributed by atoms with Gasteiger partial charge in [0, 0.05) is 31.0 Å². The molecule has 0 atom stereocenters. The van der Waals surface area contributed by atoms with Crippen LogP contribution in [-0.4, -0.2) is 36.6 Å². The van der Waals surface area contributed by atoms with Gasteiger partial charge in [-0.05, 0) is 30.9 Å². The molecule has 1 heterocycles. The molecule has 108 valence electrons. The van der Waals surface area contributed by atoms with Gasteiger partial charge in [-0.15, -0.1) is 0 Å². The van der Waals surface area contributed by atoms with Gasteiger partial charge < -0.3 is 15.4 Å². The second-order valence-electron chi connectivity index (χ2n) is 4.84. The average molecular weight is 277 g/mol. The maximum Gasteiger partial charge on any atom is 0.246 e. The Kier molecular flexibility index (Phi) is 5.49. The van der Waals surface area contributed by atoms with Crippen molar-refractivity contribution in [2.45, 2.75) is 19.3 Å². The van der Waals surface area contributed by atoms with Gasteiger partial charge in [0.25, 0.3) is 0 Å². The monoisotopic (exact) mass is 277 g/mol. The number of rotatable bonds is 8. The van der Waals surface area contributed by atoms with Gasteiger partial charge >= 0.3 is 0 Å². The third kappa shape index (κ3) is 5.79. The first kappa shape index (κ1) is 14.5. The lowest BCUT2D eigenvalue weighted by atomic mass is 10.3. The standard InChI is InChI=1S/C14H19N3O3/c18-13(17-12-3-6-15-7-4-12)5-8-16-14(19)10-20-9-11-1-2-11/h3-4,6-7,11H,1-2,5,8-10H2,(H,16,19)(H,15,17,18). The Morgan fingerprint density at radius 2 is 2.00 bits per heavy atom. The summed E-state index contributed by atoms with van der Waals surface area (Å²) in [5.41, 5.74) is 0.698. The van der Waals surface area contributed by atoms with Gasteiger partial charge in [0.15, 0.2) is 0 Å². The highest BCUT2D eigenvalue weighted by Gasteiger charge is 2.21. The summed E-state index contributed by atoms with van der Waals surface area (Å²) in [6.07, 6.45) is 5.85. The molecule has 2 N–H and O–H groups in total. The van der Waals surface area contributed by atoms with E-state index in [1.807, 2.05) is 0 Å². The molecule has 2 amide bonds. The van der Waals surface area contributed by atoms with Gasteiger partial charge in [-0.2, -0.15) is 0 Å². The molecule has 0 saturated heterocycles. The fourth-order valence-corrected chi connectivity index (χ4v) is 1.63. The normalized spacial score (nSPS) is 13.8. The van der Waals surface area contributed by atoms with E-state index in [1.54, 1.807) is 24.5 Å². The maximum absolute atomic E-state index is 11.6. The highest BCUT2D eigenvalue weighted by atomic mass is 16.5. The molecular weight excluding hydrogens is 258 g/mol. The van der Waals surface area contributed by atoms with E-state index in [9.17, 15) is 9.59 Å². The molecule has 0 spiro atoms. The Labute approximate surface area is 117 Å². The summed E-state index contributed by atoms with van der Waals surface area (Å²) in [5.74, 6) is 0.326. The number of hydrogen-bond donors (Lipinski definition) is 2. The van der Waals surface area contributed by atoms with Crippen LogP contribution in [-0.2, 0) is 14.3 Å². The second kappa shape index (κ2) is 7.59. The van der Waals surface area contributed by atoms with Crippen molar-refractivity contribution < 1.29 is 14.3 Å². The van der Waals surface area contributed by atoms with E-state index in [4.69, 9.17) is 4.74 Å². The fraction of sp³-hybridized carbons (Fsp3) is 0.500. The molecular formula is C14H19N3O3. The van der Waals surface area contributed by atoms with Crippen molar-refractivity contribution in [3.63, 3.8) is 0 Å². The predicted octanol–water partition coefficient (Wildman–Crippen LogP) is 0.953. The van der Waals surface area contributed by atoms with Crippen molar-refractivity contribution in [3.8, 4) is 0 Å². The molecule has 1 aromatic heterocycles. The first-order valence-electron chi connectivity index (χ1n) is 6.78. The SMILES string of the molecule is O=C(COCC1CC1)NCCC(=O)Nc1ccncc1. The van der Waals surface area contributed by atoms with Crippen LogP contribution in [0.3, 0.4) is 0 Å². The van der Waals surface area contributed by atoms with Gasteiger partial charge in [-0.25, -0.2) is 0 Å². The van der Waals surface area contributed by atoms with Gasteiger partial charge in [0.1, 0.15) is 6.61 Å². The first-order chi connectivity index (χ1) is 9.74. The van der Waals surface area contributed by atoms with E-state index >= 15 is 0 Å². The molecule has 0 aromatic carbocycles. The Balaban J connectivity index is 1.53. The van der Waals surface area contributed by atoms with Crippen molar-refractivity contribution >= 4 is 17.5 Å². The van der Waals surface area contributed by atoms with Crippen LogP contribution in [0.1, 0.15) is 19.3 Å². The van der Waals surface area contributed by atoms with E-state index in [0.29, 0.717) is 24.8 Å². The molecule has 1 fully saturated rings. The van der Waals surface area contributed by atoms with E-state index < -0.39 is 0 Å². The maximum atomic E-state index is 11.6. The van der Waals surface area contributed by atoms with Crippen LogP contribution in [0.2, 0.25) is 0 Å². The van der Waals surface area contributed by atoms with E-state index in [0.717, 1.165) is 0 Å².